The van der Waals surface area contributed by atoms with Gasteiger partial charge in [0, 0.05) is 0 Å². The van der Waals surface area contributed by atoms with Gasteiger partial charge in [-0.05, 0) is 68.4 Å². The number of allylic oxidation sites excluding steroid dienone is 4. The molecule has 1 heteroatoms. The molecule has 0 amide bonds. The van der Waals surface area contributed by atoms with Crippen molar-refractivity contribution in [2.24, 2.45) is 5.92 Å². The Morgan fingerprint density at radius 2 is 1.50 bits per heavy atom. The monoisotopic (exact) mass is 260 g/mol. The van der Waals surface area contributed by atoms with Gasteiger partial charge in [-0.3, -0.25) is 0 Å². The zero-order chi connectivity index (χ0) is 12.8. The Balaban J connectivity index is 2.07. The van der Waals surface area contributed by atoms with Crippen LogP contribution in [0.3, 0.4) is 0 Å². The van der Waals surface area contributed by atoms with E-state index in [9.17, 15) is 0 Å². The van der Waals surface area contributed by atoms with Crippen LogP contribution < -0.4 is 0 Å². The second kappa shape index (κ2) is 4.66. The SMILES string of the molecule is C[Si](C)(C)C1=C2CCCCC2=C2CCCC[C@H]2C1. The molecular formula is C17H28Si. The van der Waals surface area contributed by atoms with Crippen LogP contribution >= 0.6 is 0 Å². The Labute approximate surface area is 114 Å². The Morgan fingerprint density at radius 1 is 0.833 bits per heavy atom. The molecule has 2 fully saturated rings. The van der Waals surface area contributed by atoms with Crippen LogP contribution in [0, 0.1) is 5.92 Å². The van der Waals surface area contributed by atoms with Gasteiger partial charge in [-0.15, -0.1) is 0 Å². The van der Waals surface area contributed by atoms with E-state index in [1.54, 1.807) is 0 Å². The maximum atomic E-state index is 2.56. The van der Waals surface area contributed by atoms with E-state index in [4.69, 9.17) is 0 Å². The second-order valence-electron chi connectivity index (χ2n) is 7.56. The van der Waals surface area contributed by atoms with Crippen LogP contribution in [-0.4, -0.2) is 8.07 Å². The highest BCUT2D eigenvalue weighted by molar-refractivity contribution is 6.83. The van der Waals surface area contributed by atoms with Gasteiger partial charge >= 0.3 is 0 Å². The highest BCUT2D eigenvalue weighted by Gasteiger charge is 2.35. The van der Waals surface area contributed by atoms with E-state index in [1.807, 2.05) is 21.9 Å². The number of hydrogen-bond acceptors (Lipinski definition) is 0. The summed E-state index contributed by atoms with van der Waals surface area (Å²) in [7, 11) is -1.10. The largest absolute Gasteiger partial charge is 0.0771 e. The normalized spacial score (nSPS) is 29.2. The van der Waals surface area contributed by atoms with Crippen LogP contribution in [0.5, 0.6) is 0 Å². The van der Waals surface area contributed by atoms with Crippen molar-refractivity contribution >= 4 is 8.07 Å². The molecule has 0 aliphatic heterocycles. The van der Waals surface area contributed by atoms with Crippen molar-refractivity contribution in [1.29, 1.82) is 0 Å². The van der Waals surface area contributed by atoms with Gasteiger partial charge in [0.1, 0.15) is 0 Å². The molecule has 0 bridgehead atoms. The van der Waals surface area contributed by atoms with Crippen molar-refractivity contribution in [2.45, 2.75) is 77.4 Å². The molecule has 0 N–H and O–H groups in total. The topological polar surface area (TPSA) is 0 Å². The Bertz CT molecular complexity index is 406. The van der Waals surface area contributed by atoms with Crippen molar-refractivity contribution in [3.63, 3.8) is 0 Å². The van der Waals surface area contributed by atoms with Crippen molar-refractivity contribution in [1.82, 2.24) is 0 Å². The predicted molar refractivity (Wildman–Crippen MR) is 82.4 cm³/mol. The van der Waals surface area contributed by atoms with Crippen molar-refractivity contribution in [3.8, 4) is 0 Å². The summed E-state index contributed by atoms with van der Waals surface area (Å²) in [5.74, 6) is 0.956. The minimum absolute atomic E-state index is 0.956. The Morgan fingerprint density at radius 3 is 2.22 bits per heavy atom. The van der Waals surface area contributed by atoms with E-state index in [0.717, 1.165) is 5.92 Å². The maximum absolute atomic E-state index is 2.56. The fourth-order valence-electron chi connectivity index (χ4n) is 4.43. The molecule has 0 saturated heterocycles. The molecule has 3 rings (SSSR count). The lowest BCUT2D eigenvalue weighted by molar-refractivity contribution is 0.433. The molecule has 0 radical (unpaired) electrons. The summed E-state index contributed by atoms with van der Waals surface area (Å²) in [5, 5.41) is 1.95. The molecule has 0 aromatic heterocycles. The summed E-state index contributed by atoms with van der Waals surface area (Å²) in [6.07, 6.45) is 13.0. The van der Waals surface area contributed by atoms with E-state index in [2.05, 4.69) is 19.6 Å². The first-order valence-corrected chi connectivity index (χ1v) is 11.5. The van der Waals surface area contributed by atoms with Crippen molar-refractivity contribution in [3.05, 3.63) is 21.9 Å². The molecule has 0 heterocycles. The average molecular weight is 260 g/mol. The molecule has 100 valence electrons. The quantitative estimate of drug-likeness (QED) is 0.536. The third kappa shape index (κ3) is 2.15. The van der Waals surface area contributed by atoms with Crippen LogP contribution in [0.25, 0.3) is 0 Å². The average Bonchev–Trinajstić information content (AvgIpc) is 2.37. The standard InChI is InChI=1S/C17H28Si/c1-18(2,3)17-12-13-8-4-5-9-14(13)15-10-6-7-11-16(15)17/h13H,4-12H2,1-3H3/t13-/m0/s1. The first-order valence-electron chi connectivity index (χ1n) is 8.02. The third-order valence-electron chi connectivity index (χ3n) is 5.32. The number of rotatable bonds is 1. The van der Waals surface area contributed by atoms with Crippen LogP contribution in [0.15, 0.2) is 21.9 Å². The fourth-order valence-corrected chi connectivity index (χ4v) is 6.47. The van der Waals surface area contributed by atoms with Crippen LogP contribution in [0.1, 0.15) is 57.8 Å². The number of fused-ring (bicyclic) bond motifs is 2. The van der Waals surface area contributed by atoms with Gasteiger partial charge in [-0.1, -0.05) is 36.8 Å². The van der Waals surface area contributed by atoms with Crippen LogP contribution in [-0.2, 0) is 0 Å². The summed E-state index contributed by atoms with van der Waals surface area (Å²) in [6.45, 7) is 7.69. The van der Waals surface area contributed by atoms with Gasteiger partial charge in [-0.25, -0.2) is 0 Å². The molecule has 0 nitrogen and oxygen atoms in total. The van der Waals surface area contributed by atoms with Crippen LogP contribution in [0.2, 0.25) is 19.6 Å². The minimum atomic E-state index is -1.10. The molecule has 0 unspecified atom stereocenters. The fraction of sp³-hybridized carbons (Fsp3) is 0.765. The van der Waals surface area contributed by atoms with Gasteiger partial charge in [-0.2, -0.15) is 0 Å². The third-order valence-corrected chi connectivity index (χ3v) is 7.63. The predicted octanol–water partition coefficient (Wildman–Crippen LogP) is 5.62. The maximum Gasteiger partial charge on any atom is 0.0728 e. The van der Waals surface area contributed by atoms with Crippen LogP contribution in [0.4, 0.5) is 0 Å². The van der Waals surface area contributed by atoms with Gasteiger partial charge in [0.05, 0.1) is 8.07 Å². The first-order chi connectivity index (χ1) is 8.57. The first kappa shape index (κ1) is 12.7. The smallest absolute Gasteiger partial charge is 0.0728 e. The number of hydrogen-bond donors (Lipinski definition) is 0. The van der Waals surface area contributed by atoms with E-state index in [-0.39, 0.29) is 0 Å². The molecule has 1 atom stereocenters. The molecule has 3 aliphatic carbocycles. The van der Waals surface area contributed by atoms with E-state index < -0.39 is 8.07 Å². The van der Waals surface area contributed by atoms with E-state index in [1.165, 1.54) is 57.8 Å². The van der Waals surface area contributed by atoms with Gasteiger partial charge in [0.15, 0.2) is 0 Å². The van der Waals surface area contributed by atoms with Gasteiger partial charge < -0.3 is 0 Å². The molecule has 0 aromatic rings. The summed E-state index contributed by atoms with van der Waals surface area (Å²) in [5.41, 5.74) is 5.65. The summed E-state index contributed by atoms with van der Waals surface area (Å²) >= 11 is 0. The minimum Gasteiger partial charge on any atom is -0.0771 e. The van der Waals surface area contributed by atoms with Gasteiger partial charge in [0.2, 0.25) is 0 Å². The van der Waals surface area contributed by atoms with E-state index >= 15 is 0 Å². The Kier molecular flexibility index (Phi) is 3.30. The summed E-state index contributed by atoms with van der Waals surface area (Å²) in [4.78, 5) is 0. The lowest BCUT2D eigenvalue weighted by Crippen LogP contribution is -2.32. The molecule has 18 heavy (non-hydrogen) atoms. The van der Waals surface area contributed by atoms with E-state index in [0.29, 0.717) is 0 Å². The lowest BCUT2D eigenvalue weighted by atomic mass is 9.71. The zero-order valence-electron chi connectivity index (χ0n) is 12.4. The molecule has 0 spiro atoms. The van der Waals surface area contributed by atoms with Gasteiger partial charge in [0.25, 0.3) is 0 Å². The summed E-state index contributed by atoms with van der Waals surface area (Å²) in [6, 6.07) is 0. The molecule has 0 aromatic carbocycles. The summed E-state index contributed by atoms with van der Waals surface area (Å²) < 4.78 is 0. The van der Waals surface area contributed by atoms with Crippen molar-refractivity contribution in [2.75, 3.05) is 0 Å². The molecule has 2 saturated carbocycles. The Hall–Kier alpha value is -0.303. The van der Waals surface area contributed by atoms with Crippen molar-refractivity contribution < 1.29 is 0 Å². The molecular weight excluding hydrogens is 232 g/mol. The highest BCUT2D eigenvalue weighted by atomic mass is 28.3. The lowest BCUT2D eigenvalue weighted by Gasteiger charge is -2.41. The highest BCUT2D eigenvalue weighted by Crippen LogP contribution is 2.49. The second-order valence-corrected chi connectivity index (χ2v) is 12.7. The molecule has 3 aliphatic rings. The zero-order valence-corrected chi connectivity index (χ0v) is 13.4.